The van der Waals surface area contributed by atoms with Crippen molar-refractivity contribution in [3.63, 3.8) is 0 Å². The van der Waals surface area contributed by atoms with Gasteiger partial charge in [0.05, 0.1) is 23.6 Å². The molecule has 33 heavy (non-hydrogen) atoms. The SMILES string of the molecule is CC[Si](CC)(CC)c1cc(Br)nc([C@]2(C)CS(=O)(=NCC(F)(F)CO)C(C)(C)C(N)=N2)c1F. The van der Waals surface area contributed by atoms with Crippen LogP contribution >= 0.6 is 15.9 Å². The second kappa shape index (κ2) is 9.58. The van der Waals surface area contributed by atoms with E-state index in [2.05, 4.69) is 51.0 Å². The second-order valence-electron chi connectivity index (χ2n) is 9.36. The molecule has 2 heterocycles. The number of aliphatic imine (C=N–C) groups is 1. The fourth-order valence-electron chi connectivity index (χ4n) is 4.30. The molecule has 0 saturated heterocycles. The van der Waals surface area contributed by atoms with Gasteiger partial charge in [-0.15, -0.1) is 0 Å². The average Bonchev–Trinajstić information content (AvgIpc) is 2.75. The standard InChI is InChI=1S/C21H34BrF3N4O2SSi/c1-7-33(8-2,9-3)14-10-15(22)28-17(16(14)23)20(6)13-32(31,19(4,5)18(26)29-20)27-11-21(24,25)12-30/h10,30H,7-9,11-13H2,1-6H3,(H2,26,29)/t20-,32?/m0/s1. The Morgan fingerprint density at radius 3 is 2.30 bits per heavy atom. The molecule has 1 aromatic rings. The highest BCUT2D eigenvalue weighted by Crippen LogP contribution is 2.39. The number of rotatable bonds is 8. The topological polar surface area (TPSA) is 101 Å². The van der Waals surface area contributed by atoms with Crippen molar-refractivity contribution in [3.05, 3.63) is 22.2 Å². The third kappa shape index (κ3) is 5.04. The molecule has 3 N–H and O–H groups in total. The molecule has 2 rings (SSSR count). The molecule has 6 nitrogen and oxygen atoms in total. The summed E-state index contributed by atoms with van der Waals surface area (Å²) in [5.74, 6) is -4.42. The van der Waals surface area contributed by atoms with E-state index in [-0.39, 0.29) is 17.3 Å². The van der Waals surface area contributed by atoms with E-state index in [0.29, 0.717) is 9.79 Å². The van der Waals surface area contributed by atoms with Gasteiger partial charge in [0.1, 0.15) is 45.4 Å². The van der Waals surface area contributed by atoms with Crippen molar-refractivity contribution >= 4 is 44.8 Å². The first-order valence-electron chi connectivity index (χ1n) is 11.0. The fourth-order valence-corrected chi connectivity index (χ4v) is 11.1. The first-order chi connectivity index (χ1) is 15.1. The average molecular weight is 572 g/mol. The maximum atomic E-state index is 16.1. The largest absolute Gasteiger partial charge is 0.390 e. The summed E-state index contributed by atoms with van der Waals surface area (Å²) >= 11 is 3.39. The number of nitrogens with zero attached hydrogens (tertiary/aromatic N) is 3. The maximum Gasteiger partial charge on any atom is 0.290 e. The molecule has 188 valence electrons. The molecule has 1 aliphatic heterocycles. The van der Waals surface area contributed by atoms with Gasteiger partial charge in [-0.05, 0) is 48.0 Å². The van der Waals surface area contributed by atoms with E-state index in [1.807, 2.05) is 0 Å². The van der Waals surface area contributed by atoms with E-state index < -0.39 is 53.0 Å². The van der Waals surface area contributed by atoms with Crippen LogP contribution in [-0.4, -0.2) is 57.8 Å². The molecule has 1 aliphatic rings. The predicted molar refractivity (Wildman–Crippen MR) is 134 cm³/mol. The van der Waals surface area contributed by atoms with Crippen LogP contribution in [0.25, 0.3) is 0 Å². The van der Waals surface area contributed by atoms with Gasteiger partial charge in [-0.25, -0.2) is 26.7 Å². The lowest BCUT2D eigenvalue weighted by Gasteiger charge is -2.41. The summed E-state index contributed by atoms with van der Waals surface area (Å²) in [6, 6.07) is 4.23. The number of hydrogen-bond donors (Lipinski definition) is 2. The monoisotopic (exact) mass is 570 g/mol. The molecule has 0 fully saturated rings. The molecule has 1 unspecified atom stereocenters. The molecule has 0 saturated carbocycles. The van der Waals surface area contributed by atoms with Crippen molar-refractivity contribution in [1.29, 1.82) is 0 Å². The minimum absolute atomic E-state index is 0.0191. The third-order valence-corrected chi connectivity index (χ3v) is 16.3. The van der Waals surface area contributed by atoms with Gasteiger partial charge in [0.2, 0.25) is 0 Å². The van der Waals surface area contributed by atoms with Gasteiger partial charge in [-0.1, -0.05) is 38.9 Å². The summed E-state index contributed by atoms with van der Waals surface area (Å²) in [5.41, 5.74) is 4.70. The summed E-state index contributed by atoms with van der Waals surface area (Å²) in [7, 11) is -5.61. The molecular formula is C21H34BrF3N4O2SSi. The van der Waals surface area contributed by atoms with Crippen molar-refractivity contribution in [2.75, 3.05) is 18.9 Å². The van der Waals surface area contributed by atoms with Crippen LogP contribution in [0.2, 0.25) is 18.1 Å². The Labute approximate surface area is 204 Å². The Balaban J connectivity index is 2.79. The van der Waals surface area contributed by atoms with E-state index in [1.165, 1.54) is 13.8 Å². The van der Waals surface area contributed by atoms with Crippen LogP contribution in [-0.2, 0) is 15.3 Å². The molecule has 0 bridgehead atoms. The summed E-state index contributed by atoms with van der Waals surface area (Å²) in [5, 5.41) is 9.51. The molecular weight excluding hydrogens is 537 g/mol. The fraction of sp³-hybridized carbons (Fsp3) is 0.714. The number of nitrogens with two attached hydrogens (primary N) is 1. The van der Waals surface area contributed by atoms with Gasteiger partial charge < -0.3 is 10.8 Å². The van der Waals surface area contributed by atoms with E-state index in [1.54, 1.807) is 13.0 Å². The summed E-state index contributed by atoms with van der Waals surface area (Å²) in [6.07, 6.45) is 0. The lowest BCUT2D eigenvalue weighted by Crippen LogP contribution is -2.56. The molecule has 0 spiro atoms. The van der Waals surface area contributed by atoms with Crippen molar-refractivity contribution in [1.82, 2.24) is 4.98 Å². The van der Waals surface area contributed by atoms with Crippen molar-refractivity contribution in [2.45, 2.75) is 75.9 Å². The first-order valence-corrected chi connectivity index (χ1v) is 16.1. The Hall–Kier alpha value is -0.983. The zero-order valence-corrected chi connectivity index (χ0v) is 23.4. The van der Waals surface area contributed by atoms with Gasteiger partial charge in [-0.2, -0.15) is 0 Å². The summed E-state index contributed by atoms with van der Waals surface area (Å²) < 4.78 is 60.5. The highest BCUT2D eigenvalue weighted by Gasteiger charge is 2.50. The van der Waals surface area contributed by atoms with Gasteiger partial charge in [0, 0.05) is 0 Å². The quantitative estimate of drug-likeness (QED) is 0.362. The van der Waals surface area contributed by atoms with Gasteiger partial charge in [0.15, 0.2) is 0 Å². The smallest absolute Gasteiger partial charge is 0.290 e. The van der Waals surface area contributed by atoms with Crippen LogP contribution in [0.4, 0.5) is 13.2 Å². The number of amidine groups is 1. The third-order valence-electron chi connectivity index (χ3n) is 7.03. The first kappa shape index (κ1) is 28.3. The second-order valence-corrected chi connectivity index (χ2v) is 18.2. The normalized spacial score (nSPS) is 25.6. The minimum Gasteiger partial charge on any atom is -0.390 e. The van der Waals surface area contributed by atoms with Gasteiger partial charge in [-0.3, -0.25) is 4.99 Å². The zero-order chi connectivity index (χ0) is 25.5. The Kier molecular flexibility index (Phi) is 8.20. The number of halogens is 4. The van der Waals surface area contributed by atoms with E-state index in [4.69, 9.17) is 10.8 Å². The lowest BCUT2D eigenvalue weighted by atomic mass is 9.98. The maximum absolute atomic E-state index is 16.1. The van der Waals surface area contributed by atoms with Crippen molar-refractivity contribution < 1.29 is 22.5 Å². The van der Waals surface area contributed by atoms with Crippen molar-refractivity contribution in [2.24, 2.45) is 15.1 Å². The molecule has 2 atom stereocenters. The predicted octanol–water partition coefficient (Wildman–Crippen LogP) is 4.16. The van der Waals surface area contributed by atoms with E-state index in [9.17, 15) is 13.0 Å². The van der Waals surface area contributed by atoms with Crippen LogP contribution in [0.3, 0.4) is 0 Å². The molecule has 0 aliphatic carbocycles. The van der Waals surface area contributed by atoms with E-state index >= 15 is 4.39 Å². The van der Waals surface area contributed by atoms with Crippen LogP contribution in [0.1, 0.15) is 47.2 Å². The van der Waals surface area contributed by atoms with Crippen LogP contribution in [0.5, 0.6) is 0 Å². The number of aliphatic hydroxyl groups excluding tert-OH is 1. The van der Waals surface area contributed by atoms with Gasteiger partial charge >= 0.3 is 0 Å². The van der Waals surface area contributed by atoms with Crippen LogP contribution in [0, 0.1) is 5.82 Å². The van der Waals surface area contributed by atoms with Gasteiger partial charge in [0.25, 0.3) is 5.92 Å². The number of hydrogen-bond acceptors (Lipinski definition) is 6. The number of aromatic nitrogens is 1. The number of pyridine rings is 1. The minimum atomic E-state index is -3.53. The van der Waals surface area contributed by atoms with Crippen LogP contribution < -0.4 is 10.9 Å². The zero-order valence-electron chi connectivity index (χ0n) is 20.0. The summed E-state index contributed by atoms with van der Waals surface area (Å²) in [4.78, 5) is 8.87. The molecule has 12 heteroatoms. The van der Waals surface area contributed by atoms with Crippen LogP contribution in [0.15, 0.2) is 20.0 Å². The summed E-state index contributed by atoms with van der Waals surface area (Å²) in [6.45, 7) is 8.22. The van der Waals surface area contributed by atoms with Crippen molar-refractivity contribution in [3.8, 4) is 0 Å². The number of aliphatic hydroxyl groups is 1. The highest BCUT2D eigenvalue weighted by atomic mass is 79.9. The Morgan fingerprint density at radius 1 is 1.27 bits per heavy atom. The number of alkyl halides is 2. The molecule has 1 aromatic heterocycles. The Morgan fingerprint density at radius 2 is 1.82 bits per heavy atom. The highest BCUT2D eigenvalue weighted by molar-refractivity contribution is 9.10. The molecule has 0 radical (unpaired) electrons. The molecule has 0 amide bonds. The molecule has 0 aromatic carbocycles. The lowest BCUT2D eigenvalue weighted by molar-refractivity contribution is -0.0401. The van der Waals surface area contributed by atoms with E-state index in [0.717, 1.165) is 18.1 Å². The Bertz CT molecular complexity index is 1050.